The third-order valence-corrected chi connectivity index (χ3v) is 4.71. The second kappa shape index (κ2) is 5.40. The van der Waals surface area contributed by atoms with Gasteiger partial charge >= 0.3 is 6.18 Å². The Labute approximate surface area is 117 Å². The van der Waals surface area contributed by atoms with Crippen LogP contribution in [-0.2, 0) is 12.8 Å². The first kappa shape index (κ1) is 13.9. The Kier molecular flexibility index (Phi) is 3.76. The van der Waals surface area contributed by atoms with Gasteiger partial charge in [-0.3, -0.25) is 0 Å². The lowest BCUT2D eigenvalue weighted by atomic mass is 9.85. The molecule has 3 rings (SSSR count). The molecule has 0 aromatic heterocycles. The normalized spacial score (nSPS) is 27.6. The Bertz CT molecular complexity index is 436. The number of fused-ring (bicyclic) bond motifs is 1. The van der Waals surface area contributed by atoms with Crippen LogP contribution in [0.25, 0.3) is 0 Å². The van der Waals surface area contributed by atoms with Gasteiger partial charge in [-0.2, -0.15) is 13.2 Å². The summed E-state index contributed by atoms with van der Waals surface area (Å²) < 4.78 is 37.9. The highest BCUT2D eigenvalue weighted by Gasteiger charge is 2.41. The lowest BCUT2D eigenvalue weighted by Gasteiger charge is -2.32. The maximum absolute atomic E-state index is 12.6. The Morgan fingerprint density at radius 3 is 1.90 bits per heavy atom. The Morgan fingerprint density at radius 2 is 1.40 bits per heavy atom. The molecular formula is C16H20F3N. The van der Waals surface area contributed by atoms with Crippen molar-refractivity contribution in [2.45, 2.75) is 56.8 Å². The van der Waals surface area contributed by atoms with E-state index < -0.39 is 12.1 Å². The zero-order chi connectivity index (χ0) is 14.2. The predicted octanol–water partition coefficient (Wildman–Crippen LogP) is 3.86. The standard InChI is InChI=1S/C16H20F3N/c17-16(18,19)13-5-7-14(8-6-13)20-15-9-11-3-1-2-4-12(11)10-15/h1-4,13-15,20H,5-10H2. The SMILES string of the molecule is FC(F)(F)C1CCC(NC2Cc3ccccc3C2)CC1. The summed E-state index contributed by atoms with van der Waals surface area (Å²) in [6, 6.07) is 9.06. The number of hydrogen-bond acceptors (Lipinski definition) is 1. The number of alkyl halides is 3. The van der Waals surface area contributed by atoms with Gasteiger partial charge in [-0.15, -0.1) is 0 Å². The smallest absolute Gasteiger partial charge is 0.311 e. The number of nitrogens with one attached hydrogen (secondary N) is 1. The third kappa shape index (κ3) is 3.00. The lowest BCUT2D eigenvalue weighted by molar-refractivity contribution is -0.182. The highest BCUT2D eigenvalue weighted by Crippen LogP contribution is 2.37. The zero-order valence-electron chi connectivity index (χ0n) is 11.4. The van der Waals surface area contributed by atoms with Crippen molar-refractivity contribution in [3.8, 4) is 0 Å². The molecule has 0 aliphatic heterocycles. The van der Waals surface area contributed by atoms with Crippen molar-refractivity contribution in [2.75, 3.05) is 0 Å². The van der Waals surface area contributed by atoms with E-state index in [1.54, 1.807) is 0 Å². The van der Waals surface area contributed by atoms with Gasteiger partial charge in [0.25, 0.3) is 0 Å². The van der Waals surface area contributed by atoms with E-state index in [9.17, 15) is 13.2 Å². The molecule has 2 aliphatic rings. The molecule has 110 valence electrons. The monoisotopic (exact) mass is 283 g/mol. The lowest BCUT2D eigenvalue weighted by Crippen LogP contribution is -2.42. The number of hydrogen-bond donors (Lipinski definition) is 1. The Hall–Kier alpha value is -1.03. The van der Waals surface area contributed by atoms with E-state index in [0.29, 0.717) is 18.9 Å². The summed E-state index contributed by atoms with van der Waals surface area (Å²) in [6.45, 7) is 0. The average Bonchev–Trinajstić information content (AvgIpc) is 2.80. The molecule has 1 nitrogen and oxygen atoms in total. The van der Waals surface area contributed by atoms with Gasteiger partial charge in [0.05, 0.1) is 5.92 Å². The molecule has 0 heterocycles. The number of halogens is 3. The largest absolute Gasteiger partial charge is 0.391 e. The van der Waals surface area contributed by atoms with Crippen LogP contribution in [0.3, 0.4) is 0 Å². The van der Waals surface area contributed by atoms with Gasteiger partial charge in [-0.1, -0.05) is 24.3 Å². The van der Waals surface area contributed by atoms with Crippen LogP contribution in [-0.4, -0.2) is 18.3 Å². The third-order valence-electron chi connectivity index (χ3n) is 4.71. The zero-order valence-corrected chi connectivity index (χ0v) is 11.4. The van der Waals surface area contributed by atoms with E-state index in [-0.39, 0.29) is 18.9 Å². The van der Waals surface area contributed by atoms with Gasteiger partial charge in [-0.25, -0.2) is 0 Å². The Balaban J connectivity index is 1.50. The summed E-state index contributed by atoms with van der Waals surface area (Å²) in [5.41, 5.74) is 2.77. The van der Waals surface area contributed by atoms with Crippen LogP contribution in [0.1, 0.15) is 36.8 Å². The molecule has 0 unspecified atom stereocenters. The second-order valence-corrected chi connectivity index (χ2v) is 6.13. The highest BCUT2D eigenvalue weighted by atomic mass is 19.4. The van der Waals surface area contributed by atoms with Crippen molar-refractivity contribution in [3.05, 3.63) is 35.4 Å². The molecule has 0 spiro atoms. The molecule has 0 radical (unpaired) electrons. The first-order valence-corrected chi connectivity index (χ1v) is 7.42. The molecule has 1 fully saturated rings. The summed E-state index contributed by atoms with van der Waals surface area (Å²) in [6.07, 6.45) is -0.130. The molecule has 1 N–H and O–H groups in total. The van der Waals surface area contributed by atoms with E-state index in [0.717, 1.165) is 12.8 Å². The minimum Gasteiger partial charge on any atom is -0.311 e. The quantitative estimate of drug-likeness (QED) is 0.869. The number of benzene rings is 1. The molecule has 0 saturated heterocycles. The second-order valence-electron chi connectivity index (χ2n) is 6.13. The molecule has 1 aromatic carbocycles. The van der Waals surface area contributed by atoms with Gasteiger partial charge in [0.2, 0.25) is 0 Å². The predicted molar refractivity (Wildman–Crippen MR) is 72.6 cm³/mol. The molecule has 4 heteroatoms. The summed E-state index contributed by atoms with van der Waals surface area (Å²) in [5.74, 6) is -1.08. The molecule has 1 aromatic rings. The molecule has 1 saturated carbocycles. The van der Waals surface area contributed by atoms with E-state index in [2.05, 4.69) is 29.6 Å². The summed E-state index contributed by atoms with van der Waals surface area (Å²) in [4.78, 5) is 0. The molecule has 0 bridgehead atoms. The molecular weight excluding hydrogens is 263 g/mol. The molecule has 2 aliphatic carbocycles. The van der Waals surface area contributed by atoms with E-state index >= 15 is 0 Å². The molecule has 20 heavy (non-hydrogen) atoms. The topological polar surface area (TPSA) is 12.0 Å². The maximum Gasteiger partial charge on any atom is 0.391 e. The molecule has 0 amide bonds. The summed E-state index contributed by atoms with van der Waals surface area (Å²) >= 11 is 0. The van der Waals surface area contributed by atoms with E-state index in [4.69, 9.17) is 0 Å². The summed E-state index contributed by atoms with van der Waals surface area (Å²) in [7, 11) is 0. The van der Waals surface area contributed by atoms with Crippen molar-refractivity contribution in [2.24, 2.45) is 5.92 Å². The van der Waals surface area contributed by atoms with Crippen LogP contribution in [0.2, 0.25) is 0 Å². The van der Waals surface area contributed by atoms with Crippen LogP contribution < -0.4 is 5.32 Å². The van der Waals surface area contributed by atoms with Gasteiger partial charge in [0.1, 0.15) is 0 Å². The van der Waals surface area contributed by atoms with Crippen molar-refractivity contribution in [1.29, 1.82) is 0 Å². The average molecular weight is 283 g/mol. The van der Waals surface area contributed by atoms with Crippen molar-refractivity contribution < 1.29 is 13.2 Å². The first-order chi connectivity index (χ1) is 9.52. The number of rotatable bonds is 2. The fourth-order valence-corrected chi connectivity index (χ4v) is 3.60. The van der Waals surface area contributed by atoms with Gasteiger partial charge in [0.15, 0.2) is 0 Å². The maximum atomic E-state index is 12.6. The fraction of sp³-hybridized carbons (Fsp3) is 0.625. The first-order valence-electron chi connectivity index (χ1n) is 7.42. The molecule has 0 atom stereocenters. The van der Waals surface area contributed by atoms with Crippen LogP contribution >= 0.6 is 0 Å². The minimum absolute atomic E-state index is 0.257. The Morgan fingerprint density at radius 1 is 0.850 bits per heavy atom. The van der Waals surface area contributed by atoms with Gasteiger partial charge in [0, 0.05) is 12.1 Å². The van der Waals surface area contributed by atoms with Crippen LogP contribution in [0.5, 0.6) is 0 Å². The summed E-state index contributed by atoms with van der Waals surface area (Å²) in [5, 5.41) is 3.57. The van der Waals surface area contributed by atoms with Gasteiger partial charge in [-0.05, 0) is 49.7 Å². The van der Waals surface area contributed by atoms with Crippen LogP contribution in [0.15, 0.2) is 24.3 Å². The van der Waals surface area contributed by atoms with Crippen LogP contribution in [0, 0.1) is 5.92 Å². The van der Waals surface area contributed by atoms with Crippen molar-refractivity contribution in [3.63, 3.8) is 0 Å². The van der Waals surface area contributed by atoms with E-state index in [1.807, 2.05) is 0 Å². The van der Waals surface area contributed by atoms with Crippen molar-refractivity contribution in [1.82, 2.24) is 5.32 Å². The van der Waals surface area contributed by atoms with E-state index in [1.165, 1.54) is 11.1 Å². The van der Waals surface area contributed by atoms with Gasteiger partial charge < -0.3 is 5.32 Å². The highest BCUT2D eigenvalue weighted by molar-refractivity contribution is 5.33. The fourth-order valence-electron chi connectivity index (χ4n) is 3.60. The van der Waals surface area contributed by atoms with Crippen molar-refractivity contribution >= 4 is 0 Å². The minimum atomic E-state index is -4.01. The van der Waals surface area contributed by atoms with Crippen LogP contribution in [0.4, 0.5) is 13.2 Å².